The number of nitrogens with two attached hydrogens (primary N) is 1. The van der Waals surface area contributed by atoms with E-state index in [1.54, 1.807) is 6.07 Å². The summed E-state index contributed by atoms with van der Waals surface area (Å²) in [5.74, 6) is 6.60. The maximum absolute atomic E-state index is 6.20. The summed E-state index contributed by atoms with van der Waals surface area (Å²) in [5, 5.41) is 1.01. The van der Waals surface area contributed by atoms with E-state index in [1.165, 1.54) is 6.42 Å². The minimum Gasteiger partial charge on any atom is -0.353 e. The highest BCUT2D eigenvalue weighted by atomic mass is 35.5. The van der Waals surface area contributed by atoms with Crippen molar-refractivity contribution in [3.63, 3.8) is 0 Å². The highest BCUT2D eigenvalue weighted by Crippen LogP contribution is 2.34. The number of pyridine rings is 1. The Morgan fingerprint density at radius 3 is 2.82 bits per heavy atom. The average molecular weight is 275 g/mol. The Morgan fingerprint density at radius 1 is 1.41 bits per heavy atom. The van der Waals surface area contributed by atoms with Gasteiger partial charge in [0, 0.05) is 12.6 Å². The Balaban J connectivity index is 2.36. The summed E-state index contributed by atoms with van der Waals surface area (Å²) in [7, 11) is 0. The van der Waals surface area contributed by atoms with Gasteiger partial charge in [0.25, 0.3) is 0 Å². The van der Waals surface area contributed by atoms with Gasteiger partial charge in [0.15, 0.2) is 5.82 Å². The number of aromatic nitrogens is 1. The molecule has 2 heterocycles. The van der Waals surface area contributed by atoms with Crippen molar-refractivity contribution < 1.29 is 0 Å². The predicted octanol–water partition coefficient (Wildman–Crippen LogP) is 3.05. The topological polar surface area (TPSA) is 54.2 Å². The molecule has 1 aromatic heterocycles. The van der Waals surface area contributed by atoms with Crippen LogP contribution in [0.25, 0.3) is 0 Å². The van der Waals surface area contributed by atoms with Crippen LogP contribution >= 0.6 is 23.2 Å². The Kier molecular flexibility index (Phi) is 3.97. The molecule has 0 amide bonds. The molecule has 1 aliphatic rings. The van der Waals surface area contributed by atoms with Gasteiger partial charge < -0.3 is 10.3 Å². The molecule has 3 N–H and O–H groups in total. The van der Waals surface area contributed by atoms with Crippen molar-refractivity contribution in [3.8, 4) is 0 Å². The van der Waals surface area contributed by atoms with E-state index in [9.17, 15) is 0 Å². The zero-order chi connectivity index (χ0) is 12.4. The molecule has 6 heteroatoms. The zero-order valence-corrected chi connectivity index (χ0v) is 11.2. The van der Waals surface area contributed by atoms with Gasteiger partial charge in [-0.2, -0.15) is 0 Å². The van der Waals surface area contributed by atoms with Crippen molar-refractivity contribution in [2.45, 2.75) is 32.2 Å². The smallest absolute Gasteiger partial charge is 0.161 e. The lowest BCUT2D eigenvalue weighted by Gasteiger charge is -2.35. The molecule has 94 valence electrons. The summed E-state index contributed by atoms with van der Waals surface area (Å²) in [6.45, 7) is 3.15. The molecule has 1 aliphatic heterocycles. The van der Waals surface area contributed by atoms with E-state index < -0.39 is 0 Å². The van der Waals surface area contributed by atoms with Gasteiger partial charge in [0.2, 0.25) is 0 Å². The molecule has 1 aromatic rings. The fourth-order valence-electron chi connectivity index (χ4n) is 2.17. The number of nitrogens with one attached hydrogen (secondary N) is 1. The van der Waals surface area contributed by atoms with Crippen LogP contribution in [0.2, 0.25) is 10.0 Å². The van der Waals surface area contributed by atoms with Crippen LogP contribution in [0.3, 0.4) is 0 Å². The first kappa shape index (κ1) is 12.7. The molecule has 0 radical (unpaired) electrons. The van der Waals surface area contributed by atoms with Crippen LogP contribution < -0.4 is 16.2 Å². The number of hydrazine groups is 1. The number of rotatable bonds is 2. The second-order valence-electron chi connectivity index (χ2n) is 4.31. The highest BCUT2D eigenvalue weighted by molar-refractivity contribution is 6.37. The molecule has 0 aliphatic carbocycles. The molecule has 0 saturated carbocycles. The summed E-state index contributed by atoms with van der Waals surface area (Å²) in [6.07, 6.45) is 3.58. The molecular weight excluding hydrogens is 259 g/mol. The molecular formula is C11H16Cl2N4. The Hall–Kier alpha value is -0.710. The Bertz CT molecular complexity index is 411. The number of nitrogens with zero attached hydrogens (tertiary/aromatic N) is 2. The van der Waals surface area contributed by atoms with Crippen LogP contribution in [0.5, 0.6) is 0 Å². The van der Waals surface area contributed by atoms with Crippen LogP contribution in [0.15, 0.2) is 6.07 Å². The minimum atomic E-state index is 0.436. The van der Waals surface area contributed by atoms with Gasteiger partial charge in [-0.15, -0.1) is 0 Å². The fourth-order valence-corrected chi connectivity index (χ4v) is 2.69. The first-order valence-corrected chi connectivity index (χ1v) is 6.48. The number of anilines is 2. The number of hydrogen-bond donors (Lipinski definition) is 2. The first-order valence-electron chi connectivity index (χ1n) is 5.72. The lowest BCUT2D eigenvalue weighted by atomic mass is 10.0. The number of halogens is 2. The maximum atomic E-state index is 6.20. The van der Waals surface area contributed by atoms with Gasteiger partial charge in [0.1, 0.15) is 5.82 Å². The number of piperidine rings is 1. The zero-order valence-electron chi connectivity index (χ0n) is 9.71. The van der Waals surface area contributed by atoms with Gasteiger partial charge in [-0.25, -0.2) is 10.8 Å². The van der Waals surface area contributed by atoms with E-state index in [1.807, 2.05) is 0 Å². The molecule has 1 fully saturated rings. The second kappa shape index (κ2) is 5.29. The van der Waals surface area contributed by atoms with Crippen molar-refractivity contribution >= 4 is 34.8 Å². The molecule has 4 nitrogen and oxygen atoms in total. The molecule has 1 atom stereocenters. The van der Waals surface area contributed by atoms with Gasteiger partial charge in [-0.05, 0) is 32.3 Å². The molecule has 1 saturated heterocycles. The monoisotopic (exact) mass is 274 g/mol. The summed E-state index contributed by atoms with van der Waals surface area (Å²) >= 11 is 12.2. The van der Waals surface area contributed by atoms with Crippen LogP contribution in [-0.2, 0) is 0 Å². The van der Waals surface area contributed by atoms with Crippen LogP contribution in [0.1, 0.15) is 26.2 Å². The van der Waals surface area contributed by atoms with E-state index in [0.717, 1.165) is 25.2 Å². The van der Waals surface area contributed by atoms with Crippen molar-refractivity contribution in [1.82, 2.24) is 4.98 Å². The van der Waals surface area contributed by atoms with Crippen molar-refractivity contribution in [2.24, 2.45) is 5.84 Å². The fraction of sp³-hybridized carbons (Fsp3) is 0.545. The largest absolute Gasteiger partial charge is 0.353 e. The number of nitrogen functional groups attached to an aromatic ring is 1. The normalized spacial score (nSPS) is 20.5. The van der Waals surface area contributed by atoms with Crippen LogP contribution in [0, 0.1) is 0 Å². The summed E-state index contributed by atoms with van der Waals surface area (Å²) in [4.78, 5) is 6.60. The number of hydrogen-bond acceptors (Lipinski definition) is 4. The summed E-state index contributed by atoms with van der Waals surface area (Å²) in [6, 6.07) is 2.13. The average Bonchev–Trinajstić information content (AvgIpc) is 2.31. The minimum absolute atomic E-state index is 0.436. The Morgan fingerprint density at radius 2 is 2.18 bits per heavy atom. The van der Waals surface area contributed by atoms with Crippen LogP contribution in [-0.4, -0.2) is 17.6 Å². The second-order valence-corrected chi connectivity index (χ2v) is 5.12. The SMILES string of the molecule is CC1CCCCN1c1nc(NN)c(Cl)cc1Cl. The standard InChI is InChI=1S/C11H16Cl2N4/c1-7-4-2-3-5-17(7)11-9(13)6-8(12)10(15-11)16-14/h6-7H,2-5,14H2,1H3,(H,15,16). The van der Waals surface area contributed by atoms with Gasteiger partial charge in [-0.1, -0.05) is 23.2 Å². The molecule has 17 heavy (non-hydrogen) atoms. The third-order valence-corrected chi connectivity index (χ3v) is 3.69. The maximum Gasteiger partial charge on any atom is 0.161 e. The van der Waals surface area contributed by atoms with E-state index in [-0.39, 0.29) is 0 Å². The molecule has 0 spiro atoms. The third-order valence-electron chi connectivity index (χ3n) is 3.12. The van der Waals surface area contributed by atoms with Gasteiger partial charge >= 0.3 is 0 Å². The molecule has 1 unspecified atom stereocenters. The van der Waals surface area contributed by atoms with Crippen LogP contribution in [0.4, 0.5) is 11.6 Å². The van der Waals surface area contributed by atoms with E-state index >= 15 is 0 Å². The van der Waals surface area contributed by atoms with Gasteiger partial charge in [0.05, 0.1) is 10.0 Å². The lowest BCUT2D eigenvalue weighted by molar-refractivity contribution is 0.481. The van der Waals surface area contributed by atoms with Crippen molar-refractivity contribution in [1.29, 1.82) is 0 Å². The molecule has 0 bridgehead atoms. The predicted molar refractivity (Wildman–Crippen MR) is 72.7 cm³/mol. The van der Waals surface area contributed by atoms with E-state index in [4.69, 9.17) is 29.0 Å². The summed E-state index contributed by atoms with van der Waals surface area (Å²) in [5.41, 5.74) is 2.49. The third kappa shape index (κ3) is 2.59. The van der Waals surface area contributed by atoms with E-state index in [0.29, 0.717) is 21.9 Å². The molecule has 0 aromatic carbocycles. The summed E-state index contributed by atoms with van der Waals surface area (Å²) < 4.78 is 0. The van der Waals surface area contributed by atoms with Crippen molar-refractivity contribution in [3.05, 3.63) is 16.1 Å². The first-order chi connectivity index (χ1) is 8.13. The Labute approximate surface area is 111 Å². The van der Waals surface area contributed by atoms with Gasteiger partial charge in [-0.3, -0.25) is 0 Å². The quantitative estimate of drug-likeness (QED) is 0.643. The lowest BCUT2D eigenvalue weighted by Crippen LogP contribution is -2.38. The van der Waals surface area contributed by atoms with Crippen molar-refractivity contribution in [2.75, 3.05) is 16.9 Å². The molecule has 2 rings (SSSR count). The van der Waals surface area contributed by atoms with E-state index in [2.05, 4.69) is 22.2 Å². The highest BCUT2D eigenvalue weighted by Gasteiger charge is 2.22.